The maximum Gasteiger partial charge on any atom is 0.237 e. The second-order valence-corrected chi connectivity index (χ2v) is 8.44. The topological polar surface area (TPSA) is 42.4 Å². The first-order valence-electron chi connectivity index (χ1n) is 9.07. The molecular formula is C19H26N4OS. The predicted octanol–water partition coefficient (Wildman–Crippen LogP) is 2.85. The Labute approximate surface area is 153 Å². The maximum atomic E-state index is 13.6. The number of nitrogens with zero attached hydrogens (tertiary/aromatic N) is 4. The van der Waals surface area contributed by atoms with Crippen LogP contribution in [0.15, 0.2) is 24.3 Å². The van der Waals surface area contributed by atoms with E-state index in [1.807, 2.05) is 17.8 Å². The summed E-state index contributed by atoms with van der Waals surface area (Å²) in [5.41, 5.74) is 1.22. The van der Waals surface area contributed by atoms with Crippen LogP contribution in [0.2, 0.25) is 0 Å². The molecule has 134 valence electrons. The van der Waals surface area contributed by atoms with Gasteiger partial charge < -0.3 is 19.7 Å². The van der Waals surface area contributed by atoms with Crippen molar-refractivity contribution in [3.63, 3.8) is 0 Å². The van der Waals surface area contributed by atoms with Crippen LogP contribution in [0.1, 0.15) is 5.56 Å². The van der Waals surface area contributed by atoms with Crippen molar-refractivity contribution in [2.75, 3.05) is 62.7 Å². The number of thioether (sulfide) groups is 1. The number of likely N-dealkylation sites (N-methyl/N-ethyl adjacent to an activating group) is 1. The van der Waals surface area contributed by atoms with Gasteiger partial charge in [0.2, 0.25) is 5.82 Å². The number of hydrogen-bond donors (Lipinski definition) is 0. The third-order valence-electron chi connectivity index (χ3n) is 5.47. The van der Waals surface area contributed by atoms with Crippen LogP contribution in [-0.2, 0) is 0 Å². The van der Waals surface area contributed by atoms with Gasteiger partial charge >= 0.3 is 0 Å². The van der Waals surface area contributed by atoms with Gasteiger partial charge in [0.25, 0.3) is 0 Å². The molecular weight excluding hydrogens is 332 g/mol. The van der Waals surface area contributed by atoms with E-state index in [2.05, 4.69) is 42.0 Å². The number of benzene rings is 1. The van der Waals surface area contributed by atoms with Crippen molar-refractivity contribution in [1.29, 1.82) is 0 Å². The van der Waals surface area contributed by atoms with Gasteiger partial charge in [-0.25, -0.2) is 0 Å². The molecule has 0 atom stereocenters. The van der Waals surface area contributed by atoms with Gasteiger partial charge in [0.15, 0.2) is 0 Å². The summed E-state index contributed by atoms with van der Waals surface area (Å²) in [4.78, 5) is 9.62. The summed E-state index contributed by atoms with van der Waals surface area (Å²) in [6, 6.07) is 8.42. The summed E-state index contributed by atoms with van der Waals surface area (Å²) in [7, 11) is 2.16. The molecule has 0 bridgehead atoms. The second-order valence-electron chi connectivity index (χ2n) is 7.21. The van der Waals surface area contributed by atoms with Gasteiger partial charge in [0.1, 0.15) is 5.82 Å². The van der Waals surface area contributed by atoms with Crippen molar-refractivity contribution in [2.45, 2.75) is 6.92 Å². The highest BCUT2D eigenvalue weighted by molar-refractivity contribution is 7.99. The zero-order valence-electron chi connectivity index (χ0n) is 15.1. The molecule has 6 heteroatoms. The van der Waals surface area contributed by atoms with E-state index in [4.69, 9.17) is 4.98 Å². The second kappa shape index (κ2) is 6.76. The molecule has 0 N–H and O–H groups in total. The maximum absolute atomic E-state index is 13.6. The van der Waals surface area contributed by atoms with Gasteiger partial charge in [-0.3, -0.25) is 0 Å². The van der Waals surface area contributed by atoms with Crippen molar-refractivity contribution in [2.24, 2.45) is 0 Å². The van der Waals surface area contributed by atoms with Crippen molar-refractivity contribution in [1.82, 2.24) is 14.5 Å². The lowest BCUT2D eigenvalue weighted by molar-refractivity contribution is 0.312. The molecule has 0 amide bonds. The van der Waals surface area contributed by atoms with Gasteiger partial charge in [0, 0.05) is 37.7 Å². The van der Waals surface area contributed by atoms with E-state index in [0.29, 0.717) is 13.1 Å². The molecule has 0 saturated carbocycles. The van der Waals surface area contributed by atoms with Crippen molar-refractivity contribution < 1.29 is 0 Å². The number of aromatic nitrogens is 1. The van der Waals surface area contributed by atoms with Crippen LogP contribution in [0, 0.1) is 12.1 Å². The number of quaternary nitrogens is 1. The van der Waals surface area contributed by atoms with E-state index in [-0.39, 0.29) is 4.65 Å². The first kappa shape index (κ1) is 17.1. The molecule has 3 heterocycles. The van der Waals surface area contributed by atoms with E-state index >= 15 is 0 Å². The molecule has 2 aliphatic heterocycles. The van der Waals surface area contributed by atoms with Crippen LogP contribution < -0.4 is 9.55 Å². The fraction of sp³-hybridized carbons (Fsp3) is 0.526. The van der Waals surface area contributed by atoms with Crippen LogP contribution in [0.5, 0.6) is 0 Å². The Balaban J connectivity index is 1.84. The first-order chi connectivity index (χ1) is 12.1. The SMILES string of the molecule is Cc1cccc2c([N+]3([O-])CCSCC3)nc(N3CCN(C)CC3)cc12. The van der Waals surface area contributed by atoms with Crippen LogP contribution in [0.25, 0.3) is 10.8 Å². The van der Waals surface area contributed by atoms with Crippen molar-refractivity contribution in [3.05, 3.63) is 35.0 Å². The number of fused-ring (bicyclic) bond motifs is 1. The van der Waals surface area contributed by atoms with Crippen molar-refractivity contribution in [3.8, 4) is 0 Å². The fourth-order valence-corrected chi connectivity index (χ4v) is 4.81. The quantitative estimate of drug-likeness (QED) is 0.610. The minimum atomic E-state index is -0.283. The number of pyridine rings is 1. The highest BCUT2D eigenvalue weighted by Gasteiger charge is 2.29. The number of piperazine rings is 1. The van der Waals surface area contributed by atoms with E-state index in [0.717, 1.165) is 54.7 Å². The summed E-state index contributed by atoms with van der Waals surface area (Å²) in [6.45, 7) is 7.37. The summed E-state index contributed by atoms with van der Waals surface area (Å²) >= 11 is 1.87. The zero-order chi connectivity index (χ0) is 17.4. The number of rotatable bonds is 2. The largest absolute Gasteiger partial charge is 0.626 e. The highest BCUT2D eigenvalue weighted by Crippen LogP contribution is 2.36. The first-order valence-corrected chi connectivity index (χ1v) is 10.2. The Hall–Kier alpha value is -1.34. The lowest BCUT2D eigenvalue weighted by Gasteiger charge is -2.44. The summed E-state index contributed by atoms with van der Waals surface area (Å²) < 4.78 is -0.283. The zero-order valence-corrected chi connectivity index (χ0v) is 15.9. The molecule has 0 radical (unpaired) electrons. The smallest absolute Gasteiger partial charge is 0.237 e. The van der Waals surface area contributed by atoms with Crippen molar-refractivity contribution >= 4 is 34.2 Å². The van der Waals surface area contributed by atoms with E-state index in [1.165, 1.54) is 10.9 Å². The molecule has 4 rings (SSSR count). The van der Waals surface area contributed by atoms with Gasteiger partial charge in [-0.05, 0) is 37.1 Å². The van der Waals surface area contributed by atoms with Crippen LogP contribution >= 0.6 is 11.8 Å². The third kappa shape index (κ3) is 3.24. The Morgan fingerprint density at radius 3 is 2.52 bits per heavy atom. The Morgan fingerprint density at radius 1 is 1.08 bits per heavy atom. The lowest BCUT2D eigenvalue weighted by Crippen LogP contribution is -2.50. The molecule has 2 fully saturated rings. The average Bonchev–Trinajstić information content (AvgIpc) is 2.63. The molecule has 1 aromatic heterocycles. The molecule has 2 aliphatic rings. The fourth-order valence-electron chi connectivity index (χ4n) is 3.76. The lowest BCUT2D eigenvalue weighted by atomic mass is 10.1. The highest BCUT2D eigenvalue weighted by atomic mass is 32.2. The minimum absolute atomic E-state index is 0.283. The molecule has 2 aromatic rings. The molecule has 0 spiro atoms. The average molecular weight is 359 g/mol. The molecule has 0 unspecified atom stereocenters. The van der Waals surface area contributed by atoms with Crippen LogP contribution in [0.4, 0.5) is 11.6 Å². The summed E-state index contributed by atoms with van der Waals surface area (Å²) in [6.07, 6.45) is 0. The standard InChI is InChI=1S/C19H26N4OS/c1-15-4-3-5-16-17(15)14-18(22-8-6-21(2)7-9-22)20-19(16)23(24)10-12-25-13-11-23/h3-5,14H,6-13H2,1-2H3. The van der Waals surface area contributed by atoms with Gasteiger partial charge in [-0.1, -0.05) is 12.1 Å². The van der Waals surface area contributed by atoms with Gasteiger partial charge in [-0.15, -0.1) is 0 Å². The van der Waals surface area contributed by atoms with Gasteiger partial charge in [0.05, 0.1) is 18.5 Å². The Morgan fingerprint density at radius 2 is 1.80 bits per heavy atom. The number of anilines is 1. The molecule has 25 heavy (non-hydrogen) atoms. The Kier molecular flexibility index (Phi) is 4.62. The third-order valence-corrected chi connectivity index (χ3v) is 6.41. The van der Waals surface area contributed by atoms with E-state index < -0.39 is 0 Å². The monoisotopic (exact) mass is 358 g/mol. The normalized spacial score (nSPS) is 21.6. The minimum Gasteiger partial charge on any atom is -0.626 e. The number of aryl methyl sites for hydroxylation is 1. The molecule has 2 saturated heterocycles. The van der Waals surface area contributed by atoms with E-state index in [9.17, 15) is 5.21 Å². The molecule has 1 aromatic carbocycles. The molecule has 5 nitrogen and oxygen atoms in total. The van der Waals surface area contributed by atoms with Crippen LogP contribution in [0.3, 0.4) is 0 Å². The van der Waals surface area contributed by atoms with E-state index in [1.54, 1.807) is 0 Å². The van der Waals surface area contributed by atoms with Gasteiger partial charge in [-0.2, -0.15) is 16.7 Å². The number of hydroxylamine groups is 2. The van der Waals surface area contributed by atoms with Crippen LogP contribution in [-0.4, -0.2) is 67.7 Å². The number of hydrogen-bond acceptors (Lipinski definition) is 5. The molecule has 0 aliphatic carbocycles. The Bertz CT molecular complexity index is 767. The summed E-state index contributed by atoms with van der Waals surface area (Å²) in [5.74, 6) is 3.51. The summed E-state index contributed by atoms with van der Waals surface area (Å²) in [5, 5.41) is 15.8. The predicted molar refractivity (Wildman–Crippen MR) is 108 cm³/mol.